The van der Waals surface area contributed by atoms with E-state index in [0.717, 1.165) is 37.6 Å². The highest BCUT2D eigenvalue weighted by molar-refractivity contribution is 5.91. The molecule has 0 aliphatic rings. The molecule has 35 heavy (non-hydrogen) atoms. The maximum atomic E-state index is 12.8. The van der Waals surface area contributed by atoms with Gasteiger partial charge in [-0.2, -0.15) is 18.7 Å². The third-order valence-corrected chi connectivity index (χ3v) is 4.97. The van der Waals surface area contributed by atoms with E-state index in [4.69, 9.17) is 5.53 Å². The number of halogens is 3. The Balaban J connectivity index is 1.39. The highest BCUT2D eigenvalue weighted by Crippen LogP contribution is 2.28. The van der Waals surface area contributed by atoms with Crippen molar-refractivity contribution >= 4 is 5.91 Å². The fourth-order valence-electron chi connectivity index (χ4n) is 3.15. The Morgan fingerprint density at radius 1 is 1.20 bits per heavy atom. The first-order chi connectivity index (χ1) is 16.8. The van der Waals surface area contributed by atoms with Crippen LogP contribution in [0.1, 0.15) is 40.2 Å². The van der Waals surface area contributed by atoms with E-state index in [9.17, 15) is 18.0 Å². The molecule has 2 heterocycles. The van der Waals surface area contributed by atoms with Gasteiger partial charge in [0.25, 0.3) is 5.91 Å². The van der Waals surface area contributed by atoms with Crippen LogP contribution in [-0.4, -0.2) is 37.4 Å². The van der Waals surface area contributed by atoms with Crippen molar-refractivity contribution in [2.75, 3.05) is 6.54 Å². The van der Waals surface area contributed by atoms with E-state index in [0.29, 0.717) is 13.1 Å². The molecule has 3 aromatic rings. The van der Waals surface area contributed by atoms with Crippen LogP contribution in [0.25, 0.3) is 0 Å². The Morgan fingerprint density at radius 3 is 2.74 bits per heavy atom. The predicted molar refractivity (Wildman–Crippen MR) is 121 cm³/mol. The molecule has 0 unspecified atom stereocenters. The van der Waals surface area contributed by atoms with E-state index in [1.807, 2.05) is 36.4 Å². The number of amides is 1. The van der Waals surface area contributed by atoms with E-state index in [1.54, 1.807) is 11.2 Å². The summed E-state index contributed by atoms with van der Waals surface area (Å²) in [6.07, 6.45) is 3.98. The number of unbranched alkanes of at least 4 members (excludes halogenated alkanes) is 1. The topological polar surface area (TPSA) is 112 Å². The molecule has 1 amide bonds. The van der Waals surface area contributed by atoms with E-state index < -0.39 is 17.6 Å². The van der Waals surface area contributed by atoms with Crippen LogP contribution in [0, 0.1) is 5.53 Å². The van der Waals surface area contributed by atoms with Crippen molar-refractivity contribution in [1.29, 1.82) is 5.53 Å². The van der Waals surface area contributed by atoms with Gasteiger partial charge in [-0.25, -0.2) is 0 Å². The van der Waals surface area contributed by atoms with Gasteiger partial charge >= 0.3 is 6.18 Å². The molecular weight excluding hydrogens is 461 g/mol. The Bertz CT molecular complexity index is 1130. The van der Waals surface area contributed by atoms with Crippen molar-refractivity contribution in [3.8, 4) is 0 Å². The zero-order valence-electron chi connectivity index (χ0n) is 18.8. The standard InChI is InChI=1S/C23H25F3N8O/c24-23(25,26)19-10-11-28-20(15-19)16-29-22(35)21-17-34(32-30-21)13-5-4-12-33(31-27)14-6-9-18-7-2-1-3-8-18/h1-3,6-8,10-11,14-15,17,27H,4-5,9,12-13,16H2,(H,29,35)/b14-6+,31-27?. The van der Waals surface area contributed by atoms with Gasteiger partial charge in [0.1, 0.15) is 0 Å². The molecule has 0 saturated carbocycles. The summed E-state index contributed by atoms with van der Waals surface area (Å²) in [7, 11) is 0. The van der Waals surface area contributed by atoms with Crippen molar-refractivity contribution in [3.05, 3.63) is 89.6 Å². The molecule has 3 rings (SSSR count). The number of benzene rings is 1. The molecule has 0 aliphatic carbocycles. The minimum atomic E-state index is -4.48. The summed E-state index contributed by atoms with van der Waals surface area (Å²) in [6, 6.07) is 11.7. The fraction of sp³-hybridized carbons (Fsp3) is 0.304. The van der Waals surface area contributed by atoms with Crippen molar-refractivity contribution in [3.63, 3.8) is 0 Å². The summed E-state index contributed by atoms with van der Waals surface area (Å²) in [5, 5.41) is 15.3. The third-order valence-electron chi connectivity index (χ3n) is 4.97. The average Bonchev–Trinajstić information content (AvgIpc) is 3.33. The molecule has 0 bridgehead atoms. The molecular formula is C23H25F3N8O. The van der Waals surface area contributed by atoms with E-state index >= 15 is 0 Å². The quantitative estimate of drug-likeness (QED) is 0.224. The first-order valence-corrected chi connectivity index (χ1v) is 10.9. The second-order valence-corrected chi connectivity index (χ2v) is 7.63. The lowest BCUT2D eigenvalue weighted by atomic mass is 10.1. The number of allylic oxidation sites excluding steroid dienone is 1. The summed E-state index contributed by atoms with van der Waals surface area (Å²) >= 11 is 0. The lowest BCUT2D eigenvalue weighted by Gasteiger charge is -2.11. The number of hydrogen-bond donors (Lipinski definition) is 2. The summed E-state index contributed by atoms with van der Waals surface area (Å²) in [5.74, 6) is -0.557. The van der Waals surface area contributed by atoms with Crippen LogP contribution in [0.15, 0.2) is 72.4 Å². The normalized spacial score (nSPS) is 11.5. The number of carbonyl (C=O) groups is 1. The van der Waals surface area contributed by atoms with Gasteiger partial charge in [0.05, 0.1) is 24.0 Å². The number of aromatic nitrogens is 4. The van der Waals surface area contributed by atoms with Crippen molar-refractivity contribution in [1.82, 2.24) is 30.3 Å². The van der Waals surface area contributed by atoms with Crippen LogP contribution in [0.4, 0.5) is 13.2 Å². The van der Waals surface area contributed by atoms with Gasteiger partial charge in [-0.3, -0.25) is 19.5 Å². The van der Waals surface area contributed by atoms with Gasteiger partial charge in [0.15, 0.2) is 5.69 Å². The Kier molecular flexibility index (Phi) is 9.04. The SMILES string of the molecule is N=NN(/C=C/Cc1ccccc1)CCCCn1cc(C(=O)NCc2cc(C(F)(F)F)ccn2)nn1. The number of pyridine rings is 1. The van der Waals surface area contributed by atoms with Crippen LogP contribution in [0.2, 0.25) is 0 Å². The molecule has 12 heteroatoms. The number of aryl methyl sites for hydroxylation is 1. The van der Waals surface area contributed by atoms with Crippen LogP contribution in [0.5, 0.6) is 0 Å². The molecule has 0 atom stereocenters. The summed E-state index contributed by atoms with van der Waals surface area (Å²) in [6.45, 7) is 0.899. The fourth-order valence-corrected chi connectivity index (χ4v) is 3.15. The first kappa shape index (κ1) is 25.5. The average molecular weight is 487 g/mol. The molecule has 9 nitrogen and oxygen atoms in total. The minimum Gasteiger partial charge on any atom is -0.345 e. The monoisotopic (exact) mass is 486 g/mol. The molecule has 0 fully saturated rings. The van der Waals surface area contributed by atoms with E-state index in [-0.39, 0.29) is 17.9 Å². The lowest BCUT2D eigenvalue weighted by Crippen LogP contribution is -2.24. The van der Waals surface area contributed by atoms with Crippen LogP contribution in [0.3, 0.4) is 0 Å². The molecule has 0 spiro atoms. The molecule has 184 valence electrons. The summed E-state index contributed by atoms with van der Waals surface area (Å²) < 4.78 is 39.9. The lowest BCUT2D eigenvalue weighted by molar-refractivity contribution is -0.137. The molecule has 0 aliphatic heterocycles. The highest BCUT2D eigenvalue weighted by Gasteiger charge is 2.30. The Hall–Kier alpha value is -4.09. The summed E-state index contributed by atoms with van der Waals surface area (Å²) in [5.41, 5.74) is 7.79. The Morgan fingerprint density at radius 2 is 2.00 bits per heavy atom. The van der Waals surface area contributed by atoms with E-state index in [2.05, 4.69) is 25.8 Å². The Labute approximate surface area is 200 Å². The van der Waals surface area contributed by atoms with E-state index in [1.165, 1.54) is 16.4 Å². The van der Waals surface area contributed by atoms with Gasteiger partial charge in [0.2, 0.25) is 0 Å². The van der Waals surface area contributed by atoms with Gasteiger partial charge < -0.3 is 5.32 Å². The van der Waals surface area contributed by atoms with Gasteiger partial charge in [-0.15, -0.1) is 5.10 Å². The first-order valence-electron chi connectivity index (χ1n) is 10.9. The number of nitrogens with one attached hydrogen (secondary N) is 2. The predicted octanol–water partition coefficient (Wildman–Crippen LogP) is 4.41. The number of nitrogens with zero attached hydrogens (tertiary/aromatic N) is 6. The zero-order chi connectivity index (χ0) is 25.1. The van der Waals surface area contributed by atoms with Crippen molar-refractivity contribution in [2.24, 2.45) is 5.22 Å². The summed E-state index contributed by atoms with van der Waals surface area (Å²) in [4.78, 5) is 16.1. The number of hydrogen-bond acceptors (Lipinski definition) is 6. The molecule has 2 aromatic heterocycles. The van der Waals surface area contributed by atoms with Crippen LogP contribution < -0.4 is 5.32 Å². The third kappa shape index (κ3) is 8.32. The van der Waals surface area contributed by atoms with Gasteiger partial charge in [-0.1, -0.05) is 46.8 Å². The zero-order valence-corrected chi connectivity index (χ0v) is 18.8. The van der Waals surface area contributed by atoms with Gasteiger partial charge in [-0.05, 0) is 37.0 Å². The highest BCUT2D eigenvalue weighted by atomic mass is 19.4. The molecule has 0 saturated heterocycles. The van der Waals surface area contributed by atoms with Crippen molar-refractivity contribution < 1.29 is 18.0 Å². The molecule has 1 aromatic carbocycles. The van der Waals surface area contributed by atoms with Crippen LogP contribution >= 0.6 is 0 Å². The maximum Gasteiger partial charge on any atom is 0.416 e. The minimum absolute atomic E-state index is 0.0589. The number of alkyl halides is 3. The molecule has 0 radical (unpaired) electrons. The van der Waals surface area contributed by atoms with Gasteiger partial charge in [0, 0.05) is 25.5 Å². The van der Waals surface area contributed by atoms with Crippen molar-refractivity contribution in [2.45, 2.75) is 38.5 Å². The largest absolute Gasteiger partial charge is 0.416 e. The second kappa shape index (κ2) is 12.4. The van der Waals surface area contributed by atoms with Crippen LogP contribution in [-0.2, 0) is 25.7 Å². The molecule has 2 N–H and O–H groups in total. The number of carbonyl (C=O) groups excluding carboxylic acids is 1. The maximum absolute atomic E-state index is 12.8. The smallest absolute Gasteiger partial charge is 0.345 e. The number of rotatable bonds is 12. The second-order valence-electron chi connectivity index (χ2n) is 7.63.